The number of carbonyl (C=O) groups is 2. The van der Waals surface area contributed by atoms with Crippen molar-refractivity contribution in [2.24, 2.45) is 0 Å². The molecule has 0 saturated carbocycles. The fourth-order valence-electron chi connectivity index (χ4n) is 4.67. The first-order valence-electron chi connectivity index (χ1n) is 10.9. The number of carbonyl (C=O) groups excluding carboxylic acids is 2. The lowest BCUT2D eigenvalue weighted by atomic mass is 9.88. The first kappa shape index (κ1) is 20.0. The van der Waals surface area contributed by atoms with E-state index in [0.29, 0.717) is 48.2 Å². The quantitative estimate of drug-likeness (QED) is 0.747. The van der Waals surface area contributed by atoms with Crippen molar-refractivity contribution in [2.75, 3.05) is 37.9 Å². The molecular weight excluding hydrogens is 396 g/mol. The molecule has 1 amide bonds. The zero-order chi connectivity index (χ0) is 21.4. The minimum absolute atomic E-state index is 0.317. The molecule has 0 spiro atoms. The van der Waals surface area contributed by atoms with Crippen LogP contribution in [-0.4, -0.2) is 54.7 Å². The van der Waals surface area contributed by atoms with E-state index in [-0.39, 0.29) is 12.2 Å². The Morgan fingerprint density at radius 3 is 2.55 bits per heavy atom. The van der Waals surface area contributed by atoms with Gasteiger partial charge in [0.25, 0.3) is 5.91 Å². The Bertz CT molecular complexity index is 1020. The van der Waals surface area contributed by atoms with E-state index in [2.05, 4.69) is 4.90 Å². The lowest BCUT2D eigenvalue weighted by Gasteiger charge is -2.31. The standard InChI is InChI=1S/C24H26N2O5/c27-20(17-8-9-21-22(14-17)31-13-12-30-21)15-24(29)18-6-2-3-7-19(18)26(23(24)28)16-25-10-4-1-5-11-25/h2-3,6-9,14,29H,1,4-5,10-13,15-16H2/t24-/m0/s1. The number of nitrogens with zero attached hydrogens (tertiary/aromatic N) is 2. The van der Waals surface area contributed by atoms with Gasteiger partial charge in [-0.1, -0.05) is 24.6 Å². The molecule has 1 N–H and O–H groups in total. The van der Waals surface area contributed by atoms with E-state index in [0.717, 1.165) is 25.9 Å². The molecule has 31 heavy (non-hydrogen) atoms. The Morgan fingerprint density at radius 2 is 1.74 bits per heavy atom. The van der Waals surface area contributed by atoms with Crippen LogP contribution in [0, 0.1) is 0 Å². The monoisotopic (exact) mass is 422 g/mol. The molecule has 1 atom stereocenters. The number of ketones is 1. The third-order valence-corrected chi connectivity index (χ3v) is 6.31. The number of anilines is 1. The summed E-state index contributed by atoms with van der Waals surface area (Å²) in [7, 11) is 0. The third-order valence-electron chi connectivity index (χ3n) is 6.31. The summed E-state index contributed by atoms with van der Waals surface area (Å²) in [5.74, 6) is 0.345. The predicted molar refractivity (Wildman–Crippen MR) is 114 cm³/mol. The minimum Gasteiger partial charge on any atom is -0.486 e. The number of aliphatic hydroxyl groups is 1. The number of Topliss-reactive ketones (excluding diaryl/α,β-unsaturated/α-hetero) is 1. The molecule has 0 unspecified atom stereocenters. The number of benzene rings is 2. The molecule has 7 heteroatoms. The summed E-state index contributed by atoms with van der Waals surface area (Å²) < 4.78 is 11.1. The Labute approximate surface area is 181 Å². The highest BCUT2D eigenvalue weighted by atomic mass is 16.6. The Kier molecular flexibility index (Phi) is 5.16. The van der Waals surface area contributed by atoms with E-state index in [9.17, 15) is 14.7 Å². The molecule has 1 saturated heterocycles. The zero-order valence-electron chi connectivity index (χ0n) is 17.4. The van der Waals surface area contributed by atoms with E-state index < -0.39 is 11.5 Å². The first-order valence-corrected chi connectivity index (χ1v) is 10.9. The summed E-state index contributed by atoms with van der Waals surface area (Å²) in [5.41, 5.74) is -0.327. The lowest BCUT2D eigenvalue weighted by molar-refractivity contribution is -0.136. The second-order valence-corrected chi connectivity index (χ2v) is 8.39. The second kappa shape index (κ2) is 7.98. The van der Waals surface area contributed by atoms with Gasteiger partial charge in [0.15, 0.2) is 22.9 Å². The molecule has 7 nitrogen and oxygen atoms in total. The lowest BCUT2D eigenvalue weighted by Crippen LogP contribution is -2.47. The maximum Gasteiger partial charge on any atom is 0.265 e. The van der Waals surface area contributed by atoms with E-state index in [4.69, 9.17) is 9.47 Å². The topological polar surface area (TPSA) is 79.3 Å². The fraction of sp³-hybridized carbons (Fsp3) is 0.417. The molecule has 0 radical (unpaired) electrons. The van der Waals surface area contributed by atoms with Crippen LogP contribution >= 0.6 is 0 Å². The van der Waals surface area contributed by atoms with Crippen LogP contribution < -0.4 is 14.4 Å². The summed E-state index contributed by atoms with van der Waals surface area (Å²) in [6.45, 7) is 3.18. The summed E-state index contributed by atoms with van der Waals surface area (Å²) in [5, 5.41) is 11.5. The summed E-state index contributed by atoms with van der Waals surface area (Å²) in [6, 6.07) is 12.2. The highest BCUT2D eigenvalue weighted by molar-refractivity contribution is 6.10. The molecule has 0 aromatic heterocycles. The van der Waals surface area contributed by atoms with E-state index in [1.54, 1.807) is 35.2 Å². The number of hydrogen-bond acceptors (Lipinski definition) is 6. The number of amides is 1. The first-order chi connectivity index (χ1) is 15.1. The SMILES string of the molecule is O=C(C[C@@]1(O)C(=O)N(CN2CCCCC2)c2ccccc21)c1ccc2c(c1)OCCO2. The maximum atomic E-state index is 13.4. The number of likely N-dealkylation sites (tertiary alicyclic amines) is 1. The number of para-hydroxylation sites is 1. The van der Waals surface area contributed by atoms with Crippen LogP contribution in [-0.2, 0) is 10.4 Å². The van der Waals surface area contributed by atoms with Crippen molar-refractivity contribution in [1.29, 1.82) is 0 Å². The molecule has 1 fully saturated rings. The Hall–Kier alpha value is -2.90. The van der Waals surface area contributed by atoms with Gasteiger partial charge in [-0.25, -0.2) is 0 Å². The fourth-order valence-corrected chi connectivity index (χ4v) is 4.67. The van der Waals surface area contributed by atoms with Crippen molar-refractivity contribution in [3.05, 3.63) is 53.6 Å². The Morgan fingerprint density at radius 1 is 1.00 bits per heavy atom. The molecule has 0 aliphatic carbocycles. The van der Waals surface area contributed by atoms with Gasteiger partial charge in [-0.3, -0.25) is 19.4 Å². The van der Waals surface area contributed by atoms with Gasteiger partial charge >= 0.3 is 0 Å². The average molecular weight is 422 g/mol. The van der Waals surface area contributed by atoms with Crippen molar-refractivity contribution in [3.8, 4) is 11.5 Å². The molecule has 3 aliphatic heterocycles. The van der Waals surface area contributed by atoms with Crippen LogP contribution in [0.1, 0.15) is 41.6 Å². The van der Waals surface area contributed by atoms with Crippen molar-refractivity contribution >= 4 is 17.4 Å². The molecule has 2 aromatic carbocycles. The average Bonchev–Trinajstić information content (AvgIpc) is 3.01. The van der Waals surface area contributed by atoms with Crippen LogP contribution in [0.25, 0.3) is 0 Å². The van der Waals surface area contributed by atoms with Gasteiger partial charge in [0.05, 0.1) is 18.8 Å². The van der Waals surface area contributed by atoms with Crippen molar-refractivity contribution in [3.63, 3.8) is 0 Å². The van der Waals surface area contributed by atoms with Gasteiger partial charge in [-0.05, 0) is 50.2 Å². The smallest absolute Gasteiger partial charge is 0.265 e. The molecule has 2 aromatic rings. The second-order valence-electron chi connectivity index (χ2n) is 8.39. The predicted octanol–water partition coefficient (Wildman–Crippen LogP) is 2.71. The van der Waals surface area contributed by atoms with E-state index in [1.807, 2.05) is 12.1 Å². The molecular formula is C24H26N2O5. The van der Waals surface area contributed by atoms with Crippen LogP contribution in [0.5, 0.6) is 11.5 Å². The van der Waals surface area contributed by atoms with Crippen molar-refractivity contribution < 1.29 is 24.2 Å². The molecule has 5 rings (SSSR count). The van der Waals surface area contributed by atoms with E-state index in [1.165, 1.54) is 6.42 Å². The highest BCUT2D eigenvalue weighted by Crippen LogP contribution is 2.43. The number of hydrogen-bond donors (Lipinski definition) is 1. The molecule has 162 valence electrons. The summed E-state index contributed by atoms with van der Waals surface area (Å²) >= 11 is 0. The van der Waals surface area contributed by atoms with Crippen LogP contribution in [0.2, 0.25) is 0 Å². The molecule has 3 aliphatic rings. The summed E-state index contributed by atoms with van der Waals surface area (Å²) in [6.07, 6.45) is 3.10. The number of piperidine rings is 1. The van der Waals surface area contributed by atoms with E-state index >= 15 is 0 Å². The van der Waals surface area contributed by atoms with Crippen molar-refractivity contribution in [2.45, 2.75) is 31.3 Å². The minimum atomic E-state index is -1.88. The zero-order valence-corrected chi connectivity index (χ0v) is 17.4. The summed E-state index contributed by atoms with van der Waals surface area (Å²) in [4.78, 5) is 30.4. The van der Waals surface area contributed by atoms with Gasteiger partial charge in [0, 0.05) is 11.1 Å². The molecule has 0 bridgehead atoms. The van der Waals surface area contributed by atoms with Gasteiger partial charge in [-0.2, -0.15) is 0 Å². The van der Waals surface area contributed by atoms with Gasteiger partial charge in [0.2, 0.25) is 0 Å². The van der Waals surface area contributed by atoms with Crippen LogP contribution in [0.15, 0.2) is 42.5 Å². The number of ether oxygens (including phenoxy) is 2. The van der Waals surface area contributed by atoms with Gasteiger partial charge in [0.1, 0.15) is 13.2 Å². The van der Waals surface area contributed by atoms with Crippen molar-refractivity contribution in [1.82, 2.24) is 4.90 Å². The normalized spacial score (nSPS) is 23.0. The number of fused-ring (bicyclic) bond motifs is 2. The maximum absolute atomic E-state index is 13.4. The van der Waals surface area contributed by atoms with Gasteiger partial charge in [-0.15, -0.1) is 0 Å². The number of rotatable bonds is 5. The largest absolute Gasteiger partial charge is 0.486 e. The van der Waals surface area contributed by atoms with Crippen LogP contribution in [0.4, 0.5) is 5.69 Å². The molecule has 3 heterocycles. The highest BCUT2D eigenvalue weighted by Gasteiger charge is 2.51. The van der Waals surface area contributed by atoms with Crippen LogP contribution in [0.3, 0.4) is 0 Å². The third kappa shape index (κ3) is 3.58. The van der Waals surface area contributed by atoms with Gasteiger partial charge < -0.3 is 14.6 Å². The Balaban J connectivity index is 1.41.